The van der Waals surface area contributed by atoms with Crippen LogP contribution in [0.25, 0.3) is 0 Å². The summed E-state index contributed by atoms with van der Waals surface area (Å²) in [4.78, 5) is 14.4. The van der Waals surface area contributed by atoms with Crippen molar-refractivity contribution < 1.29 is 19.7 Å². The molecule has 0 aliphatic rings. The predicted octanol–water partition coefficient (Wildman–Crippen LogP) is 1.11. The Bertz CT molecular complexity index is 171. The first-order chi connectivity index (χ1) is 5.22. The monoisotopic (exact) mass is 158 g/mol. The average molecular weight is 158 g/mol. The lowest BCUT2D eigenvalue weighted by Gasteiger charge is -1.99. The van der Waals surface area contributed by atoms with Crippen LogP contribution in [-0.4, -0.2) is 17.8 Å². The minimum Gasteiger partial charge on any atom is -0.458 e. The highest BCUT2D eigenvalue weighted by atomic mass is 17.1. The molecule has 0 unspecified atom stereocenters. The number of carbonyl (C=O) groups is 1. The van der Waals surface area contributed by atoms with Crippen molar-refractivity contribution in [1.29, 1.82) is 0 Å². The third kappa shape index (κ3) is 4.16. The van der Waals surface area contributed by atoms with Crippen molar-refractivity contribution in [3.8, 4) is 0 Å². The number of carbonyl (C=O) groups excluding carboxylic acids is 1. The fraction of sp³-hybridized carbons (Fsp3) is 0.286. The SMILES string of the molecule is C=CCOC(=O)/C(C)=C/OO. The molecule has 62 valence electrons. The summed E-state index contributed by atoms with van der Waals surface area (Å²) in [6, 6.07) is 0. The zero-order valence-electron chi connectivity index (χ0n) is 6.24. The van der Waals surface area contributed by atoms with Crippen molar-refractivity contribution in [3.63, 3.8) is 0 Å². The Kier molecular flexibility index (Phi) is 4.85. The number of hydrogen-bond acceptors (Lipinski definition) is 4. The minimum atomic E-state index is -0.543. The van der Waals surface area contributed by atoms with Gasteiger partial charge in [0.05, 0.1) is 5.57 Å². The van der Waals surface area contributed by atoms with E-state index in [1.54, 1.807) is 0 Å². The number of ether oxygens (including phenoxy) is 1. The highest BCUT2D eigenvalue weighted by Gasteiger charge is 2.03. The number of hydrogen-bond donors (Lipinski definition) is 1. The molecule has 1 N–H and O–H groups in total. The molecule has 0 heterocycles. The molecule has 0 amide bonds. The molecule has 4 nitrogen and oxygen atoms in total. The highest BCUT2D eigenvalue weighted by Crippen LogP contribution is 1.95. The Morgan fingerprint density at radius 3 is 2.82 bits per heavy atom. The fourth-order valence-electron chi connectivity index (χ4n) is 0.376. The van der Waals surface area contributed by atoms with Gasteiger partial charge in [-0.2, -0.15) is 0 Å². The lowest BCUT2D eigenvalue weighted by molar-refractivity contribution is -0.188. The summed E-state index contributed by atoms with van der Waals surface area (Å²) in [7, 11) is 0. The van der Waals surface area contributed by atoms with Crippen LogP contribution < -0.4 is 0 Å². The summed E-state index contributed by atoms with van der Waals surface area (Å²) in [6.07, 6.45) is 2.34. The van der Waals surface area contributed by atoms with Crippen molar-refractivity contribution in [2.75, 3.05) is 6.61 Å². The maximum Gasteiger partial charge on any atom is 0.337 e. The van der Waals surface area contributed by atoms with Gasteiger partial charge in [0.2, 0.25) is 0 Å². The molecule has 4 heteroatoms. The van der Waals surface area contributed by atoms with Crippen LogP contribution >= 0.6 is 0 Å². The lowest BCUT2D eigenvalue weighted by atomic mass is 10.3. The van der Waals surface area contributed by atoms with Gasteiger partial charge in [0.15, 0.2) is 0 Å². The average Bonchev–Trinajstić information content (AvgIpc) is 2.00. The van der Waals surface area contributed by atoms with Gasteiger partial charge in [-0.15, -0.1) is 0 Å². The van der Waals surface area contributed by atoms with Gasteiger partial charge in [-0.05, 0) is 6.92 Å². The largest absolute Gasteiger partial charge is 0.458 e. The van der Waals surface area contributed by atoms with Crippen molar-refractivity contribution >= 4 is 5.97 Å². The number of esters is 1. The lowest BCUT2D eigenvalue weighted by Crippen LogP contribution is -2.05. The van der Waals surface area contributed by atoms with Gasteiger partial charge in [0.1, 0.15) is 12.9 Å². The first-order valence-corrected chi connectivity index (χ1v) is 2.97. The van der Waals surface area contributed by atoms with Gasteiger partial charge in [0, 0.05) is 0 Å². The second-order valence-electron chi connectivity index (χ2n) is 1.79. The van der Waals surface area contributed by atoms with E-state index in [1.807, 2.05) is 0 Å². The van der Waals surface area contributed by atoms with E-state index in [1.165, 1.54) is 13.0 Å². The third-order valence-electron chi connectivity index (χ3n) is 0.884. The Labute approximate surface area is 64.7 Å². The van der Waals surface area contributed by atoms with Gasteiger partial charge in [-0.1, -0.05) is 12.7 Å². The Morgan fingerprint density at radius 2 is 2.36 bits per heavy atom. The zero-order valence-corrected chi connectivity index (χ0v) is 6.24. The first kappa shape index (κ1) is 9.71. The smallest absolute Gasteiger partial charge is 0.337 e. The molecule has 0 aromatic heterocycles. The van der Waals surface area contributed by atoms with E-state index in [0.717, 1.165) is 6.26 Å². The van der Waals surface area contributed by atoms with Crippen molar-refractivity contribution in [1.82, 2.24) is 0 Å². The van der Waals surface area contributed by atoms with Gasteiger partial charge >= 0.3 is 5.97 Å². The quantitative estimate of drug-likeness (QED) is 0.166. The molecule has 0 radical (unpaired) electrons. The maximum absolute atomic E-state index is 10.8. The molecule has 11 heavy (non-hydrogen) atoms. The predicted molar refractivity (Wildman–Crippen MR) is 38.6 cm³/mol. The molecule has 0 rings (SSSR count). The Balaban J connectivity index is 3.82. The highest BCUT2D eigenvalue weighted by molar-refractivity contribution is 5.87. The van der Waals surface area contributed by atoms with E-state index in [2.05, 4.69) is 16.2 Å². The Morgan fingerprint density at radius 1 is 1.73 bits per heavy atom. The van der Waals surface area contributed by atoms with Crippen LogP contribution in [0, 0.1) is 0 Å². The summed E-state index contributed by atoms with van der Waals surface area (Å²) in [5, 5.41) is 7.91. The van der Waals surface area contributed by atoms with Crippen LogP contribution in [0.3, 0.4) is 0 Å². The van der Waals surface area contributed by atoms with Crippen LogP contribution in [0.1, 0.15) is 6.92 Å². The fourth-order valence-corrected chi connectivity index (χ4v) is 0.376. The molecular formula is C7H10O4. The molecule has 0 saturated heterocycles. The molecule has 0 aliphatic heterocycles. The summed E-state index contributed by atoms with van der Waals surface area (Å²) >= 11 is 0. The van der Waals surface area contributed by atoms with Crippen LogP contribution in [0.15, 0.2) is 24.5 Å². The molecule has 0 bridgehead atoms. The molecular weight excluding hydrogens is 148 g/mol. The standard InChI is InChI=1S/C7H10O4/c1-3-4-10-7(8)6(2)5-11-9/h3,5,9H,1,4H2,2H3/b6-5+. The molecule has 0 atom stereocenters. The van der Waals surface area contributed by atoms with Crippen molar-refractivity contribution in [2.24, 2.45) is 0 Å². The molecule has 0 saturated carbocycles. The normalized spacial score (nSPS) is 10.5. The van der Waals surface area contributed by atoms with E-state index in [0.29, 0.717) is 0 Å². The first-order valence-electron chi connectivity index (χ1n) is 2.97. The topological polar surface area (TPSA) is 55.8 Å². The van der Waals surface area contributed by atoms with Gasteiger partial charge in [0.25, 0.3) is 0 Å². The van der Waals surface area contributed by atoms with Crippen LogP contribution in [0.2, 0.25) is 0 Å². The third-order valence-corrected chi connectivity index (χ3v) is 0.884. The van der Waals surface area contributed by atoms with E-state index in [9.17, 15) is 4.79 Å². The maximum atomic E-state index is 10.8. The summed E-state index contributed by atoms with van der Waals surface area (Å²) in [5.74, 6) is -0.543. The molecule has 0 spiro atoms. The van der Waals surface area contributed by atoms with E-state index in [-0.39, 0.29) is 12.2 Å². The summed E-state index contributed by atoms with van der Waals surface area (Å²) in [5.41, 5.74) is 0.189. The van der Waals surface area contributed by atoms with Gasteiger partial charge in [-0.3, -0.25) is 0 Å². The summed E-state index contributed by atoms with van der Waals surface area (Å²) < 4.78 is 4.59. The molecule has 0 aliphatic carbocycles. The van der Waals surface area contributed by atoms with Crippen LogP contribution in [0.4, 0.5) is 0 Å². The van der Waals surface area contributed by atoms with Gasteiger partial charge in [-0.25, -0.2) is 10.1 Å². The zero-order chi connectivity index (χ0) is 8.69. The van der Waals surface area contributed by atoms with Gasteiger partial charge < -0.3 is 9.62 Å². The van der Waals surface area contributed by atoms with Crippen LogP contribution in [0.5, 0.6) is 0 Å². The van der Waals surface area contributed by atoms with Crippen LogP contribution in [-0.2, 0) is 14.4 Å². The molecule has 0 aromatic rings. The van der Waals surface area contributed by atoms with E-state index >= 15 is 0 Å². The Hall–Kier alpha value is -1.29. The second kappa shape index (κ2) is 5.49. The van der Waals surface area contributed by atoms with Crippen molar-refractivity contribution in [2.45, 2.75) is 6.92 Å². The number of rotatable bonds is 4. The summed E-state index contributed by atoms with van der Waals surface area (Å²) in [6.45, 7) is 4.97. The second-order valence-corrected chi connectivity index (χ2v) is 1.79. The van der Waals surface area contributed by atoms with Crippen molar-refractivity contribution in [3.05, 3.63) is 24.5 Å². The molecule has 0 aromatic carbocycles. The van der Waals surface area contributed by atoms with E-state index < -0.39 is 5.97 Å². The molecule has 0 fully saturated rings. The van der Waals surface area contributed by atoms with E-state index in [4.69, 9.17) is 5.26 Å². The minimum absolute atomic E-state index is 0.148.